The Labute approximate surface area is 155 Å². The number of primary amides is 1. The van der Waals surface area contributed by atoms with Crippen LogP contribution in [0.1, 0.15) is 33.6 Å². The maximum absolute atomic E-state index is 12.9. The second-order valence-electron chi connectivity index (χ2n) is 6.41. The number of thiophene rings is 1. The molecule has 0 unspecified atom stereocenters. The molecule has 26 heavy (non-hydrogen) atoms. The number of aryl methyl sites for hydroxylation is 2. The average Bonchev–Trinajstić information content (AvgIpc) is 3.00. The zero-order valence-corrected chi connectivity index (χ0v) is 15.6. The molecule has 1 aliphatic rings. The molecule has 1 aromatic heterocycles. The van der Waals surface area contributed by atoms with Crippen LogP contribution in [-0.2, 0) is 22.9 Å². The third-order valence-electron chi connectivity index (χ3n) is 4.69. The van der Waals surface area contributed by atoms with E-state index in [1.54, 1.807) is 24.3 Å². The largest absolute Gasteiger partial charge is 0.365 e. The van der Waals surface area contributed by atoms with Gasteiger partial charge in [0, 0.05) is 10.1 Å². The lowest BCUT2D eigenvalue weighted by Gasteiger charge is -2.17. The van der Waals surface area contributed by atoms with E-state index in [2.05, 4.69) is 4.72 Å². The zero-order valence-electron chi connectivity index (χ0n) is 14.0. The van der Waals surface area contributed by atoms with E-state index in [-0.39, 0.29) is 15.5 Å². The van der Waals surface area contributed by atoms with Crippen LogP contribution >= 0.6 is 11.3 Å². The van der Waals surface area contributed by atoms with Crippen LogP contribution in [0.3, 0.4) is 0 Å². The molecule has 5 nitrogen and oxygen atoms in total. The van der Waals surface area contributed by atoms with Gasteiger partial charge in [-0.05, 0) is 55.0 Å². The van der Waals surface area contributed by atoms with Crippen LogP contribution in [0.25, 0.3) is 10.1 Å². The third-order valence-corrected chi connectivity index (χ3v) is 7.22. The summed E-state index contributed by atoms with van der Waals surface area (Å²) in [7, 11) is -3.82. The van der Waals surface area contributed by atoms with Crippen LogP contribution in [0.5, 0.6) is 0 Å². The molecule has 134 valence electrons. The Morgan fingerprint density at radius 2 is 1.77 bits per heavy atom. The lowest BCUT2D eigenvalue weighted by Crippen LogP contribution is -2.17. The molecule has 0 saturated carbocycles. The molecule has 0 fully saturated rings. The van der Waals surface area contributed by atoms with Gasteiger partial charge in [-0.2, -0.15) is 0 Å². The van der Waals surface area contributed by atoms with Crippen molar-refractivity contribution in [2.45, 2.75) is 30.6 Å². The van der Waals surface area contributed by atoms with Crippen LogP contribution in [0, 0.1) is 0 Å². The fraction of sp³-hybridized carbons (Fsp3) is 0.211. The molecule has 1 aliphatic carbocycles. The van der Waals surface area contributed by atoms with E-state index in [1.807, 2.05) is 18.2 Å². The summed E-state index contributed by atoms with van der Waals surface area (Å²) in [4.78, 5) is 12.2. The van der Waals surface area contributed by atoms with Gasteiger partial charge in [0.15, 0.2) is 0 Å². The Morgan fingerprint density at radius 1 is 1.04 bits per heavy atom. The fourth-order valence-electron chi connectivity index (χ4n) is 3.39. The first-order chi connectivity index (χ1) is 12.5. The maximum Gasteiger partial charge on any atom is 0.261 e. The lowest BCUT2D eigenvalue weighted by molar-refractivity contribution is 0.100. The Bertz CT molecular complexity index is 1120. The molecule has 0 aliphatic heterocycles. The summed E-state index contributed by atoms with van der Waals surface area (Å²) >= 11 is 1.19. The first kappa shape index (κ1) is 17.1. The molecule has 0 spiro atoms. The molecule has 3 aromatic rings. The summed E-state index contributed by atoms with van der Waals surface area (Å²) in [6.07, 6.45) is 4.10. The highest BCUT2D eigenvalue weighted by atomic mass is 32.2. The van der Waals surface area contributed by atoms with Crippen molar-refractivity contribution in [2.75, 3.05) is 4.72 Å². The number of carbonyl (C=O) groups excluding carboxylic acids is 1. The molecule has 4 rings (SSSR count). The molecule has 0 saturated heterocycles. The molecule has 0 bridgehead atoms. The number of nitrogens with two attached hydrogens (primary N) is 1. The molecule has 7 heteroatoms. The van der Waals surface area contributed by atoms with Gasteiger partial charge < -0.3 is 5.73 Å². The van der Waals surface area contributed by atoms with Gasteiger partial charge in [0.2, 0.25) is 0 Å². The number of nitrogens with one attached hydrogen (secondary N) is 1. The van der Waals surface area contributed by atoms with Gasteiger partial charge in [0.1, 0.15) is 4.88 Å². The van der Waals surface area contributed by atoms with Gasteiger partial charge in [0.25, 0.3) is 15.9 Å². The van der Waals surface area contributed by atoms with Crippen molar-refractivity contribution >= 4 is 43.0 Å². The fourth-order valence-corrected chi connectivity index (χ4v) is 5.61. The monoisotopic (exact) mass is 386 g/mol. The predicted molar refractivity (Wildman–Crippen MR) is 104 cm³/mol. The first-order valence-corrected chi connectivity index (χ1v) is 10.7. The van der Waals surface area contributed by atoms with E-state index >= 15 is 0 Å². The van der Waals surface area contributed by atoms with Crippen molar-refractivity contribution in [3.8, 4) is 0 Å². The van der Waals surface area contributed by atoms with Crippen LogP contribution in [0.2, 0.25) is 0 Å². The number of hydrogen-bond donors (Lipinski definition) is 2. The number of carbonyl (C=O) groups is 1. The number of fused-ring (bicyclic) bond motifs is 2. The molecular weight excluding hydrogens is 368 g/mol. The smallest absolute Gasteiger partial charge is 0.261 e. The number of benzene rings is 2. The minimum absolute atomic E-state index is 0.212. The molecule has 0 radical (unpaired) electrons. The Kier molecular flexibility index (Phi) is 4.20. The van der Waals surface area contributed by atoms with Crippen LogP contribution < -0.4 is 10.5 Å². The maximum atomic E-state index is 12.9. The van der Waals surface area contributed by atoms with Crippen molar-refractivity contribution < 1.29 is 13.2 Å². The zero-order chi connectivity index (χ0) is 18.3. The van der Waals surface area contributed by atoms with Crippen LogP contribution in [-0.4, -0.2) is 14.3 Å². The predicted octanol–water partition coefficient (Wildman–Crippen LogP) is 3.68. The number of rotatable bonds is 4. The highest BCUT2D eigenvalue weighted by Gasteiger charge is 2.23. The third kappa shape index (κ3) is 2.97. The Morgan fingerprint density at radius 3 is 2.54 bits per heavy atom. The topological polar surface area (TPSA) is 89.3 Å². The van der Waals surface area contributed by atoms with E-state index in [4.69, 9.17) is 5.73 Å². The number of hydrogen-bond acceptors (Lipinski definition) is 4. The minimum Gasteiger partial charge on any atom is -0.365 e. The van der Waals surface area contributed by atoms with Crippen molar-refractivity contribution in [1.29, 1.82) is 0 Å². The van der Waals surface area contributed by atoms with E-state index < -0.39 is 15.9 Å². The quantitative estimate of drug-likeness (QED) is 0.717. The van der Waals surface area contributed by atoms with Gasteiger partial charge >= 0.3 is 0 Å². The van der Waals surface area contributed by atoms with E-state index in [9.17, 15) is 13.2 Å². The van der Waals surface area contributed by atoms with Gasteiger partial charge in [-0.1, -0.05) is 24.3 Å². The van der Waals surface area contributed by atoms with Gasteiger partial charge in [-0.15, -0.1) is 11.3 Å². The summed E-state index contributed by atoms with van der Waals surface area (Å²) in [5, 5.41) is 0.674. The summed E-state index contributed by atoms with van der Waals surface area (Å²) < 4.78 is 29.3. The Balaban J connectivity index is 1.78. The first-order valence-electron chi connectivity index (χ1n) is 8.42. The lowest BCUT2D eigenvalue weighted by atomic mass is 9.92. The summed E-state index contributed by atoms with van der Waals surface area (Å²) in [5.74, 6) is -0.644. The Hall–Kier alpha value is -2.38. The summed E-state index contributed by atoms with van der Waals surface area (Å²) in [5.41, 5.74) is 8.03. The number of amides is 1. The molecule has 1 amide bonds. The van der Waals surface area contributed by atoms with Crippen LogP contribution in [0.4, 0.5) is 5.69 Å². The van der Waals surface area contributed by atoms with E-state index in [0.717, 1.165) is 35.9 Å². The second kappa shape index (κ2) is 6.41. The van der Waals surface area contributed by atoms with Crippen molar-refractivity contribution in [1.82, 2.24) is 0 Å². The molecule has 1 heterocycles. The van der Waals surface area contributed by atoms with E-state index in [1.165, 1.54) is 16.9 Å². The summed E-state index contributed by atoms with van der Waals surface area (Å²) in [6.45, 7) is 0. The standard InChI is InChI=1S/C19H18N2O3S2/c20-19(22)18-17(15-7-3-4-8-16(15)25-18)21-26(23,24)14-10-9-12-5-1-2-6-13(12)11-14/h3-4,7-11,21H,1-2,5-6H2,(H2,20,22). The number of anilines is 1. The van der Waals surface area contributed by atoms with E-state index in [0.29, 0.717) is 5.39 Å². The van der Waals surface area contributed by atoms with Crippen molar-refractivity contribution in [3.63, 3.8) is 0 Å². The molecule has 2 aromatic carbocycles. The van der Waals surface area contributed by atoms with Crippen molar-refractivity contribution in [2.24, 2.45) is 5.73 Å². The van der Waals surface area contributed by atoms with Gasteiger partial charge in [-0.3, -0.25) is 9.52 Å². The van der Waals surface area contributed by atoms with Gasteiger partial charge in [-0.25, -0.2) is 8.42 Å². The molecule has 0 atom stereocenters. The highest BCUT2D eigenvalue weighted by Crippen LogP contribution is 2.37. The minimum atomic E-state index is -3.82. The number of sulfonamides is 1. The summed E-state index contributed by atoms with van der Waals surface area (Å²) in [6, 6.07) is 12.5. The SMILES string of the molecule is NC(=O)c1sc2ccccc2c1NS(=O)(=O)c1ccc2c(c1)CCCC2. The normalized spacial score (nSPS) is 14.2. The molecule has 3 N–H and O–H groups in total. The second-order valence-corrected chi connectivity index (χ2v) is 9.14. The van der Waals surface area contributed by atoms with Gasteiger partial charge in [0.05, 0.1) is 10.6 Å². The van der Waals surface area contributed by atoms with Crippen molar-refractivity contribution in [3.05, 3.63) is 58.5 Å². The van der Waals surface area contributed by atoms with Crippen LogP contribution in [0.15, 0.2) is 47.4 Å². The highest BCUT2D eigenvalue weighted by molar-refractivity contribution is 7.92. The average molecular weight is 386 g/mol. The molecular formula is C19H18N2O3S2.